The zero-order valence-electron chi connectivity index (χ0n) is 14.4. The number of ether oxygens (including phenoxy) is 1. The molecule has 4 heteroatoms. The summed E-state index contributed by atoms with van der Waals surface area (Å²) in [6.45, 7) is 0.865. The molecule has 1 aliphatic heterocycles. The summed E-state index contributed by atoms with van der Waals surface area (Å²) in [7, 11) is 0. The summed E-state index contributed by atoms with van der Waals surface area (Å²) in [4.78, 5) is 13.3. The molecule has 128 valence electrons. The molecule has 0 fully saturated rings. The Morgan fingerprint density at radius 1 is 0.923 bits per heavy atom. The second-order valence-electron chi connectivity index (χ2n) is 6.09. The Morgan fingerprint density at radius 3 is 2.62 bits per heavy atom. The molecule has 0 bridgehead atoms. The fourth-order valence-corrected chi connectivity index (χ4v) is 2.95. The molecule has 1 aliphatic rings. The number of para-hydroxylation sites is 1. The molecule has 3 heterocycles. The topological polar surface area (TPSA) is 47.4 Å². The highest BCUT2D eigenvalue weighted by atomic mass is 16.5. The minimum atomic E-state index is 0.586. The predicted octanol–water partition coefficient (Wildman–Crippen LogP) is 4.94. The van der Waals surface area contributed by atoms with Gasteiger partial charge in [0.05, 0.1) is 5.71 Å². The Balaban J connectivity index is 1.55. The predicted molar refractivity (Wildman–Crippen MR) is 104 cm³/mol. The minimum absolute atomic E-state index is 0.586. The van der Waals surface area contributed by atoms with Gasteiger partial charge in [0.1, 0.15) is 5.75 Å². The summed E-state index contributed by atoms with van der Waals surface area (Å²) in [5.74, 6) is 1.37. The molecular formula is C22H19N3O. The number of pyridine rings is 2. The molecule has 26 heavy (non-hydrogen) atoms. The van der Waals surface area contributed by atoms with Crippen molar-refractivity contribution in [3.63, 3.8) is 0 Å². The Morgan fingerprint density at radius 2 is 1.85 bits per heavy atom. The first-order valence-corrected chi connectivity index (χ1v) is 8.73. The monoisotopic (exact) mass is 341 g/mol. The molecule has 4 rings (SSSR count). The third-order valence-corrected chi connectivity index (χ3v) is 4.18. The second kappa shape index (κ2) is 7.74. The van der Waals surface area contributed by atoms with E-state index in [9.17, 15) is 0 Å². The van der Waals surface area contributed by atoms with Crippen LogP contribution in [-0.4, -0.2) is 22.2 Å². The minimum Gasteiger partial charge on any atom is -0.439 e. The van der Waals surface area contributed by atoms with Crippen molar-refractivity contribution in [2.45, 2.75) is 12.8 Å². The maximum absolute atomic E-state index is 5.75. The van der Waals surface area contributed by atoms with Gasteiger partial charge in [0.25, 0.3) is 0 Å². The second-order valence-corrected chi connectivity index (χ2v) is 6.09. The quantitative estimate of drug-likeness (QED) is 0.675. The van der Waals surface area contributed by atoms with Gasteiger partial charge in [-0.1, -0.05) is 18.2 Å². The number of hydrogen-bond donors (Lipinski definition) is 0. The van der Waals surface area contributed by atoms with Crippen LogP contribution in [0.2, 0.25) is 0 Å². The summed E-state index contributed by atoms with van der Waals surface area (Å²) < 4.78 is 5.75. The summed E-state index contributed by atoms with van der Waals surface area (Å²) in [6, 6.07) is 17.6. The van der Waals surface area contributed by atoms with Gasteiger partial charge in [0.2, 0.25) is 5.88 Å². The van der Waals surface area contributed by atoms with E-state index < -0.39 is 0 Å². The number of nitrogens with zero attached hydrogens (tertiary/aromatic N) is 3. The van der Waals surface area contributed by atoms with Crippen molar-refractivity contribution in [3.05, 3.63) is 89.9 Å². The van der Waals surface area contributed by atoms with Crippen LogP contribution < -0.4 is 4.74 Å². The summed E-state index contributed by atoms with van der Waals surface area (Å²) in [5, 5.41) is 0. The zero-order valence-corrected chi connectivity index (χ0v) is 14.4. The van der Waals surface area contributed by atoms with Gasteiger partial charge in [0, 0.05) is 36.8 Å². The first-order valence-electron chi connectivity index (χ1n) is 8.73. The molecule has 0 atom stereocenters. The van der Waals surface area contributed by atoms with Crippen molar-refractivity contribution in [3.8, 4) is 11.6 Å². The van der Waals surface area contributed by atoms with Crippen LogP contribution >= 0.6 is 0 Å². The average molecular weight is 341 g/mol. The lowest BCUT2D eigenvalue weighted by molar-refractivity contribution is 0.463. The number of benzene rings is 1. The first-order chi connectivity index (χ1) is 12.9. The van der Waals surface area contributed by atoms with E-state index in [0.717, 1.165) is 42.0 Å². The third kappa shape index (κ3) is 3.86. The van der Waals surface area contributed by atoms with Crippen LogP contribution in [0.25, 0.3) is 6.08 Å². The molecule has 0 aliphatic carbocycles. The van der Waals surface area contributed by atoms with Gasteiger partial charge in [-0.3, -0.25) is 9.98 Å². The lowest BCUT2D eigenvalue weighted by Crippen LogP contribution is -2.11. The van der Waals surface area contributed by atoms with E-state index in [4.69, 9.17) is 9.73 Å². The van der Waals surface area contributed by atoms with Gasteiger partial charge in [-0.15, -0.1) is 0 Å². The number of aliphatic imine (C=N–C) groups is 1. The van der Waals surface area contributed by atoms with Gasteiger partial charge in [-0.2, -0.15) is 0 Å². The van der Waals surface area contributed by atoms with Gasteiger partial charge < -0.3 is 4.74 Å². The lowest BCUT2D eigenvalue weighted by Gasteiger charge is -2.16. The van der Waals surface area contributed by atoms with Crippen LogP contribution in [-0.2, 0) is 0 Å². The molecule has 0 spiro atoms. The number of allylic oxidation sites excluding steroid dienone is 1. The maximum atomic E-state index is 5.75. The molecular weight excluding hydrogens is 322 g/mol. The Bertz CT molecular complexity index is 917. The van der Waals surface area contributed by atoms with Crippen molar-refractivity contribution in [2.24, 2.45) is 4.99 Å². The first kappa shape index (κ1) is 16.2. The highest BCUT2D eigenvalue weighted by molar-refractivity contribution is 6.15. The fraction of sp³-hybridized carbons (Fsp3) is 0.136. The average Bonchev–Trinajstić information content (AvgIpc) is 2.71. The molecule has 0 amide bonds. The van der Waals surface area contributed by atoms with Crippen molar-refractivity contribution < 1.29 is 4.74 Å². The van der Waals surface area contributed by atoms with E-state index in [1.807, 2.05) is 60.9 Å². The molecule has 3 aromatic rings. The Hall–Kier alpha value is -3.27. The van der Waals surface area contributed by atoms with Crippen molar-refractivity contribution >= 4 is 11.8 Å². The van der Waals surface area contributed by atoms with E-state index >= 15 is 0 Å². The van der Waals surface area contributed by atoms with E-state index in [-0.39, 0.29) is 0 Å². The molecule has 0 N–H and O–H groups in total. The van der Waals surface area contributed by atoms with Crippen molar-refractivity contribution in [2.75, 3.05) is 6.54 Å². The van der Waals surface area contributed by atoms with Gasteiger partial charge >= 0.3 is 0 Å². The van der Waals surface area contributed by atoms with E-state index in [1.165, 1.54) is 5.57 Å². The molecule has 0 saturated carbocycles. The lowest BCUT2D eigenvalue weighted by atomic mass is 9.95. The normalized spacial score (nSPS) is 15.5. The molecule has 0 saturated heterocycles. The van der Waals surface area contributed by atoms with Gasteiger partial charge in [-0.05, 0) is 60.4 Å². The van der Waals surface area contributed by atoms with Crippen LogP contribution in [0.3, 0.4) is 0 Å². The fourth-order valence-electron chi connectivity index (χ4n) is 2.95. The Labute approximate surface area is 152 Å². The Kier molecular flexibility index (Phi) is 4.83. The highest BCUT2D eigenvalue weighted by Gasteiger charge is 2.14. The SMILES string of the molecule is C(=C1/CCCN=C1c1cccnc1)/c1ccc(Oc2ccccc2)nc1. The van der Waals surface area contributed by atoms with Gasteiger partial charge in [-0.25, -0.2) is 4.98 Å². The molecule has 0 radical (unpaired) electrons. The maximum Gasteiger partial charge on any atom is 0.219 e. The number of hydrogen-bond acceptors (Lipinski definition) is 4. The largest absolute Gasteiger partial charge is 0.439 e. The van der Waals surface area contributed by atoms with Crippen molar-refractivity contribution in [1.82, 2.24) is 9.97 Å². The van der Waals surface area contributed by atoms with Crippen LogP contribution in [0.4, 0.5) is 0 Å². The standard InChI is InChI=1S/C22H19N3O/c1-2-8-20(9-3-1)26-21-11-10-17(15-25-21)14-18-6-5-13-24-22(18)19-7-4-12-23-16-19/h1-4,7-12,14-16H,5-6,13H2/b18-14+. The highest BCUT2D eigenvalue weighted by Crippen LogP contribution is 2.23. The number of aromatic nitrogens is 2. The third-order valence-electron chi connectivity index (χ3n) is 4.18. The summed E-state index contributed by atoms with van der Waals surface area (Å²) >= 11 is 0. The van der Waals surface area contributed by atoms with Crippen LogP contribution in [0.5, 0.6) is 11.6 Å². The molecule has 1 aromatic carbocycles. The summed E-state index contributed by atoms with van der Waals surface area (Å²) in [6.07, 6.45) is 9.72. The molecule has 0 unspecified atom stereocenters. The van der Waals surface area contributed by atoms with Crippen molar-refractivity contribution in [1.29, 1.82) is 0 Å². The van der Waals surface area contributed by atoms with E-state index in [2.05, 4.69) is 22.1 Å². The smallest absolute Gasteiger partial charge is 0.219 e. The van der Waals surface area contributed by atoms with Crippen LogP contribution in [0.15, 0.2) is 83.8 Å². The number of rotatable bonds is 4. The van der Waals surface area contributed by atoms with E-state index in [1.54, 1.807) is 6.20 Å². The molecule has 4 nitrogen and oxygen atoms in total. The van der Waals surface area contributed by atoms with Gasteiger partial charge in [0.15, 0.2) is 0 Å². The zero-order chi connectivity index (χ0) is 17.6. The van der Waals surface area contributed by atoms with E-state index in [0.29, 0.717) is 5.88 Å². The molecule has 2 aromatic heterocycles. The van der Waals surface area contributed by atoms with Crippen LogP contribution in [0.1, 0.15) is 24.0 Å². The van der Waals surface area contributed by atoms with Crippen LogP contribution in [0, 0.1) is 0 Å². The summed E-state index contributed by atoms with van der Waals surface area (Å²) in [5.41, 5.74) is 4.37.